The maximum absolute atomic E-state index is 11.8. The molecule has 9 nitrogen and oxygen atoms in total. The Labute approximate surface area is 125 Å². The smallest absolute Gasteiger partial charge is 0.326 e. The van der Waals surface area contributed by atoms with Crippen LogP contribution in [0.4, 0.5) is 0 Å². The van der Waals surface area contributed by atoms with Crippen LogP contribution >= 0.6 is 0 Å². The Morgan fingerprint density at radius 3 is 2.68 bits per heavy atom. The number of aromatic nitrogens is 1. The second kappa shape index (κ2) is 8.40. The first-order chi connectivity index (χ1) is 10.5. The van der Waals surface area contributed by atoms with Gasteiger partial charge in [-0.2, -0.15) is 4.79 Å². The van der Waals surface area contributed by atoms with E-state index in [-0.39, 0.29) is 18.5 Å². The molecule has 1 rings (SSSR count). The van der Waals surface area contributed by atoms with Crippen LogP contribution in [0.25, 0.3) is 5.53 Å². The van der Waals surface area contributed by atoms with Crippen molar-refractivity contribution in [3.8, 4) is 0 Å². The van der Waals surface area contributed by atoms with Gasteiger partial charge in [-0.1, -0.05) is 6.07 Å². The highest BCUT2D eigenvalue weighted by Crippen LogP contribution is 2.10. The molecule has 0 fully saturated rings. The fraction of sp³-hybridized carbons (Fsp3) is 0.308. The lowest BCUT2D eigenvalue weighted by atomic mass is 10.1. The minimum absolute atomic E-state index is 0.0765. The number of aliphatic hydroxyl groups excluding tert-OH is 1. The highest BCUT2D eigenvalue weighted by atomic mass is 16.4. The van der Waals surface area contributed by atoms with E-state index in [1.807, 2.05) is 0 Å². The molecule has 0 radical (unpaired) electrons. The van der Waals surface area contributed by atoms with E-state index in [9.17, 15) is 19.5 Å². The predicted octanol–water partition coefficient (Wildman–Crippen LogP) is -0.666. The van der Waals surface area contributed by atoms with E-state index in [2.05, 4.69) is 15.1 Å². The van der Waals surface area contributed by atoms with E-state index < -0.39 is 29.8 Å². The monoisotopic (exact) mass is 306 g/mol. The summed E-state index contributed by atoms with van der Waals surface area (Å²) in [4.78, 5) is 40.3. The molecule has 0 aliphatic heterocycles. The molecule has 0 saturated carbocycles. The van der Waals surface area contributed by atoms with Gasteiger partial charge in [0.05, 0.1) is 5.69 Å². The third kappa shape index (κ3) is 5.23. The molecule has 0 saturated heterocycles. The number of carbonyl (C=O) groups is 3. The standard InChI is InChI=1S/C13H14N4O5/c14-16-7-8(18)4-5-10(13(21)22)17-12(20)11(19)9-3-1-2-6-15-9/h1-3,6-7,10-11,19H,4-5H2,(H,17,20)(H,21,22)/t10-,11+/m0/s1. The van der Waals surface area contributed by atoms with Gasteiger partial charge in [-0.15, -0.1) is 0 Å². The second-order valence-electron chi connectivity index (χ2n) is 4.31. The summed E-state index contributed by atoms with van der Waals surface area (Å²) in [7, 11) is 0. The Kier molecular flexibility index (Phi) is 6.55. The molecule has 9 heteroatoms. The Morgan fingerprint density at radius 1 is 1.41 bits per heavy atom. The third-order valence-corrected chi connectivity index (χ3v) is 2.71. The SMILES string of the molecule is [N-]=[N+]=CC(=O)CC[C@H](NC(=O)[C@H](O)c1ccccn1)C(=O)O. The Balaban J connectivity index is 2.66. The molecular formula is C13H14N4O5. The van der Waals surface area contributed by atoms with Crippen LogP contribution in [-0.2, 0) is 14.4 Å². The average Bonchev–Trinajstić information content (AvgIpc) is 2.51. The third-order valence-electron chi connectivity index (χ3n) is 2.71. The molecule has 116 valence electrons. The van der Waals surface area contributed by atoms with Crippen molar-refractivity contribution in [2.75, 3.05) is 0 Å². The number of hydrogen-bond acceptors (Lipinski definition) is 5. The number of pyridine rings is 1. The number of hydrogen-bond donors (Lipinski definition) is 3. The molecule has 0 unspecified atom stereocenters. The maximum Gasteiger partial charge on any atom is 0.326 e. The zero-order valence-corrected chi connectivity index (χ0v) is 11.4. The average molecular weight is 306 g/mol. The van der Waals surface area contributed by atoms with Crippen LogP contribution in [0.2, 0.25) is 0 Å². The number of nitrogens with zero attached hydrogens (tertiary/aromatic N) is 3. The summed E-state index contributed by atoms with van der Waals surface area (Å²) in [6, 6.07) is 3.23. The van der Waals surface area contributed by atoms with Gasteiger partial charge < -0.3 is 21.1 Å². The maximum atomic E-state index is 11.8. The van der Waals surface area contributed by atoms with Gasteiger partial charge in [0.2, 0.25) is 5.78 Å². The Bertz CT molecular complexity index is 598. The second-order valence-corrected chi connectivity index (χ2v) is 4.31. The summed E-state index contributed by atoms with van der Waals surface area (Å²) in [5.74, 6) is -2.88. The van der Waals surface area contributed by atoms with Crippen LogP contribution in [0.3, 0.4) is 0 Å². The lowest BCUT2D eigenvalue weighted by Gasteiger charge is -2.16. The van der Waals surface area contributed by atoms with E-state index in [4.69, 9.17) is 10.6 Å². The Morgan fingerprint density at radius 2 is 2.14 bits per heavy atom. The molecule has 0 bridgehead atoms. The number of carbonyl (C=O) groups excluding carboxylic acids is 2. The zero-order valence-electron chi connectivity index (χ0n) is 11.4. The number of aliphatic hydroxyl groups is 1. The first-order valence-corrected chi connectivity index (χ1v) is 6.28. The van der Waals surface area contributed by atoms with Crippen molar-refractivity contribution in [1.82, 2.24) is 10.3 Å². The van der Waals surface area contributed by atoms with Crippen molar-refractivity contribution < 1.29 is 29.4 Å². The molecule has 1 aromatic heterocycles. The van der Waals surface area contributed by atoms with Gasteiger partial charge >= 0.3 is 12.2 Å². The highest BCUT2D eigenvalue weighted by molar-refractivity contribution is 6.25. The van der Waals surface area contributed by atoms with Gasteiger partial charge in [-0.25, -0.2) is 4.79 Å². The van der Waals surface area contributed by atoms with Crippen LogP contribution < -0.4 is 5.32 Å². The summed E-state index contributed by atoms with van der Waals surface area (Å²) in [5, 5.41) is 20.9. The summed E-state index contributed by atoms with van der Waals surface area (Å²) >= 11 is 0. The lowest BCUT2D eigenvalue weighted by Crippen LogP contribution is -2.43. The van der Waals surface area contributed by atoms with Crippen LogP contribution in [0.15, 0.2) is 24.4 Å². The van der Waals surface area contributed by atoms with Gasteiger partial charge in [0.25, 0.3) is 5.91 Å². The highest BCUT2D eigenvalue weighted by Gasteiger charge is 2.26. The quantitative estimate of drug-likeness (QED) is 0.329. The van der Waals surface area contributed by atoms with Crippen molar-refractivity contribution in [1.29, 1.82) is 0 Å². The van der Waals surface area contributed by atoms with E-state index in [0.29, 0.717) is 6.21 Å². The number of amides is 1. The molecule has 0 aliphatic carbocycles. The predicted molar refractivity (Wildman–Crippen MR) is 72.7 cm³/mol. The van der Waals surface area contributed by atoms with Crippen LogP contribution in [0, 0.1) is 0 Å². The molecule has 2 atom stereocenters. The zero-order chi connectivity index (χ0) is 16.5. The van der Waals surface area contributed by atoms with Crippen molar-refractivity contribution >= 4 is 23.9 Å². The van der Waals surface area contributed by atoms with Gasteiger partial charge in [0.1, 0.15) is 6.04 Å². The molecule has 1 heterocycles. The van der Waals surface area contributed by atoms with Crippen molar-refractivity contribution in [2.45, 2.75) is 25.0 Å². The van der Waals surface area contributed by atoms with E-state index in [0.717, 1.165) is 0 Å². The molecule has 0 aromatic carbocycles. The number of rotatable bonds is 8. The molecular weight excluding hydrogens is 292 g/mol. The van der Waals surface area contributed by atoms with Crippen molar-refractivity contribution in [3.05, 3.63) is 35.6 Å². The summed E-state index contributed by atoms with van der Waals surface area (Å²) in [6.45, 7) is 0. The van der Waals surface area contributed by atoms with Crippen molar-refractivity contribution in [2.24, 2.45) is 0 Å². The Hall–Kier alpha value is -2.90. The van der Waals surface area contributed by atoms with Crippen LogP contribution in [-0.4, -0.2) is 49.9 Å². The van der Waals surface area contributed by atoms with Crippen LogP contribution in [0.5, 0.6) is 0 Å². The first kappa shape index (κ1) is 17.2. The number of Topliss-reactive ketones (excluding diaryl/α,β-unsaturated/α-hetero) is 1. The van der Waals surface area contributed by atoms with Gasteiger partial charge in [0.15, 0.2) is 6.10 Å². The first-order valence-electron chi connectivity index (χ1n) is 6.28. The summed E-state index contributed by atoms with van der Waals surface area (Å²) in [5.41, 5.74) is 8.25. The number of carboxylic acid groups (broad SMARTS) is 1. The number of carboxylic acids is 1. The normalized spacial score (nSPS) is 12.6. The van der Waals surface area contributed by atoms with E-state index >= 15 is 0 Å². The number of nitrogens with one attached hydrogen (secondary N) is 1. The fourth-order valence-electron chi connectivity index (χ4n) is 1.60. The minimum atomic E-state index is -1.61. The molecule has 0 spiro atoms. The lowest BCUT2D eigenvalue weighted by molar-refractivity contribution is -0.143. The summed E-state index contributed by atoms with van der Waals surface area (Å²) < 4.78 is 0. The van der Waals surface area contributed by atoms with Gasteiger partial charge in [0, 0.05) is 12.6 Å². The van der Waals surface area contributed by atoms with Crippen LogP contribution in [0.1, 0.15) is 24.6 Å². The molecule has 1 amide bonds. The minimum Gasteiger partial charge on any atom is -0.480 e. The molecule has 22 heavy (non-hydrogen) atoms. The number of aliphatic carboxylic acids is 1. The largest absolute Gasteiger partial charge is 0.480 e. The van der Waals surface area contributed by atoms with Crippen molar-refractivity contribution in [3.63, 3.8) is 0 Å². The molecule has 0 aliphatic rings. The molecule has 3 N–H and O–H groups in total. The summed E-state index contributed by atoms with van der Waals surface area (Å²) in [6.07, 6.45) is -0.0311. The molecule has 1 aromatic rings. The fourth-order valence-corrected chi connectivity index (χ4v) is 1.60. The van der Waals surface area contributed by atoms with E-state index in [1.165, 1.54) is 12.3 Å². The van der Waals surface area contributed by atoms with E-state index in [1.54, 1.807) is 12.1 Å². The van der Waals surface area contributed by atoms with Gasteiger partial charge in [-0.05, 0) is 18.6 Å². The number of ketones is 1. The van der Waals surface area contributed by atoms with Gasteiger partial charge in [-0.3, -0.25) is 14.6 Å². The topological polar surface area (TPSA) is 153 Å².